The van der Waals surface area contributed by atoms with Crippen LogP contribution in [0.3, 0.4) is 0 Å². The fourth-order valence-corrected chi connectivity index (χ4v) is 6.87. The summed E-state index contributed by atoms with van der Waals surface area (Å²) in [5.74, 6) is 2.74. The third-order valence-electron chi connectivity index (χ3n) is 8.21. The normalized spacial score (nSPS) is 37.6. The number of carbonyl (C=O) groups excluding carboxylic acids is 2. The maximum absolute atomic E-state index is 13.8. The van der Waals surface area contributed by atoms with E-state index in [1.807, 2.05) is 15.9 Å². The van der Waals surface area contributed by atoms with Gasteiger partial charge in [-0.1, -0.05) is 0 Å². The zero-order chi connectivity index (χ0) is 20.9. The second kappa shape index (κ2) is 7.81. The Hall–Kier alpha value is -2.06. The number of amides is 2. The van der Waals surface area contributed by atoms with Gasteiger partial charge in [0.05, 0.1) is 19.8 Å². The standard InChI is InChI=1S/C23H31N5O3/c29-21-4-1-3-19-15-7-16(9-26(8-15)12-20-24-5-2-6-25-20)22(28(19)21)23(30)27-10-17-13-31-14-18(17)11-27/h2,5-6,15-19,22H,1,3-4,7-14H2/t15-,16+,17-,18+,19+,22-/m1/s1. The number of rotatable bonds is 3. The van der Waals surface area contributed by atoms with Gasteiger partial charge in [0.15, 0.2) is 0 Å². The summed E-state index contributed by atoms with van der Waals surface area (Å²) >= 11 is 0. The number of piperidine rings is 3. The van der Waals surface area contributed by atoms with Crippen molar-refractivity contribution in [2.75, 3.05) is 39.4 Å². The van der Waals surface area contributed by atoms with Crippen LogP contribution in [0.15, 0.2) is 18.5 Å². The predicted octanol–water partition coefficient (Wildman–Crippen LogP) is 0.783. The van der Waals surface area contributed by atoms with E-state index in [0.717, 1.165) is 64.5 Å². The molecule has 5 aliphatic rings. The molecular formula is C23H31N5O3. The molecule has 0 aliphatic carbocycles. The second-order valence-corrected chi connectivity index (χ2v) is 10.1. The molecule has 2 bridgehead atoms. The molecule has 0 aromatic carbocycles. The van der Waals surface area contributed by atoms with Crippen LogP contribution in [0.25, 0.3) is 0 Å². The Morgan fingerprint density at radius 2 is 1.77 bits per heavy atom. The maximum Gasteiger partial charge on any atom is 0.245 e. The molecule has 0 N–H and O–H groups in total. The number of carbonyl (C=O) groups is 2. The van der Waals surface area contributed by atoms with Crippen LogP contribution in [0.4, 0.5) is 0 Å². The van der Waals surface area contributed by atoms with Crippen molar-refractivity contribution in [3.63, 3.8) is 0 Å². The number of fused-ring (bicyclic) bond motifs is 5. The molecule has 8 nitrogen and oxygen atoms in total. The van der Waals surface area contributed by atoms with E-state index in [0.29, 0.717) is 30.7 Å². The summed E-state index contributed by atoms with van der Waals surface area (Å²) in [6.07, 6.45) is 7.15. The highest BCUT2D eigenvalue weighted by molar-refractivity contribution is 5.89. The second-order valence-electron chi connectivity index (χ2n) is 10.1. The molecule has 5 fully saturated rings. The Morgan fingerprint density at radius 1 is 1.03 bits per heavy atom. The van der Waals surface area contributed by atoms with Crippen molar-refractivity contribution in [3.8, 4) is 0 Å². The summed E-state index contributed by atoms with van der Waals surface area (Å²) in [5, 5.41) is 0. The van der Waals surface area contributed by atoms with Crippen LogP contribution in [0.5, 0.6) is 0 Å². The van der Waals surface area contributed by atoms with Gasteiger partial charge in [0.2, 0.25) is 11.8 Å². The van der Waals surface area contributed by atoms with Crippen molar-refractivity contribution in [3.05, 3.63) is 24.3 Å². The lowest BCUT2D eigenvalue weighted by molar-refractivity contribution is -0.165. The van der Waals surface area contributed by atoms with Gasteiger partial charge in [0.25, 0.3) is 0 Å². The third-order valence-corrected chi connectivity index (χ3v) is 8.21. The van der Waals surface area contributed by atoms with E-state index in [1.165, 1.54) is 0 Å². The lowest BCUT2D eigenvalue weighted by atomic mass is 9.71. The van der Waals surface area contributed by atoms with E-state index in [1.54, 1.807) is 12.4 Å². The number of likely N-dealkylation sites (tertiary alicyclic amines) is 2. The Morgan fingerprint density at radius 3 is 2.55 bits per heavy atom. The molecule has 0 saturated carbocycles. The first-order valence-electron chi connectivity index (χ1n) is 11.8. The first-order valence-corrected chi connectivity index (χ1v) is 11.8. The van der Waals surface area contributed by atoms with Gasteiger partial charge in [-0.2, -0.15) is 0 Å². The van der Waals surface area contributed by atoms with Crippen LogP contribution in [0, 0.1) is 23.7 Å². The van der Waals surface area contributed by atoms with E-state index >= 15 is 0 Å². The summed E-state index contributed by atoms with van der Waals surface area (Å²) in [5.41, 5.74) is 0. The quantitative estimate of drug-likeness (QED) is 0.712. The van der Waals surface area contributed by atoms with Gasteiger partial charge in [0, 0.05) is 68.8 Å². The van der Waals surface area contributed by atoms with Crippen LogP contribution < -0.4 is 0 Å². The number of hydrogen-bond acceptors (Lipinski definition) is 6. The van der Waals surface area contributed by atoms with Gasteiger partial charge >= 0.3 is 0 Å². The first-order chi connectivity index (χ1) is 15.2. The lowest BCUT2D eigenvalue weighted by Gasteiger charge is -2.56. The molecule has 0 spiro atoms. The van der Waals surface area contributed by atoms with E-state index in [2.05, 4.69) is 14.9 Å². The van der Waals surface area contributed by atoms with Crippen LogP contribution in [-0.2, 0) is 20.9 Å². The molecule has 31 heavy (non-hydrogen) atoms. The molecule has 5 aliphatic heterocycles. The monoisotopic (exact) mass is 425 g/mol. The molecule has 6 heterocycles. The maximum atomic E-state index is 13.8. The number of aromatic nitrogens is 2. The topological polar surface area (TPSA) is 78.9 Å². The van der Waals surface area contributed by atoms with Gasteiger partial charge < -0.3 is 14.5 Å². The van der Waals surface area contributed by atoms with Gasteiger partial charge in [-0.05, 0) is 31.2 Å². The van der Waals surface area contributed by atoms with Crippen LogP contribution in [0.2, 0.25) is 0 Å². The zero-order valence-electron chi connectivity index (χ0n) is 17.9. The molecule has 5 saturated heterocycles. The van der Waals surface area contributed by atoms with Gasteiger partial charge in [-0.25, -0.2) is 9.97 Å². The number of hydrogen-bond donors (Lipinski definition) is 0. The van der Waals surface area contributed by atoms with Crippen molar-refractivity contribution in [1.29, 1.82) is 0 Å². The number of nitrogens with zero attached hydrogens (tertiary/aromatic N) is 5. The third kappa shape index (κ3) is 3.44. The molecule has 6 rings (SSSR count). The van der Waals surface area contributed by atoms with Gasteiger partial charge in [-0.3, -0.25) is 14.5 Å². The van der Waals surface area contributed by atoms with E-state index in [-0.39, 0.29) is 29.8 Å². The van der Waals surface area contributed by atoms with Gasteiger partial charge in [0.1, 0.15) is 11.9 Å². The minimum absolute atomic E-state index is 0.177. The summed E-state index contributed by atoms with van der Waals surface area (Å²) in [4.78, 5) is 42.2. The predicted molar refractivity (Wildman–Crippen MR) is 112 cm³/mol. The number of ether oxygens (including phenoxy) is 1. The van der Waals surface area contributed by atoms with Crippen molar-refractivity contribution in [1.82, 2.24) is 24.7 Å². The van der Waals surface area contributed by atoms with Crippen molar-refractivity contribution in [2.45, 2.75) is 44.3 Å². The molecule has 8 heteroatoms. The molecule has 0 radical (unpaired) electrons. The van der Waals surface area contributed by atoms with Crippen molar-refractivity contribution >= 4 is 11.8 Å². The SMILES string of the molecule is O=C([C@H]1[C@H]2C[C@H](CN(Cc3ncccn3)C2)[C@@H]2CCCC(=O)N21)N1C[C@H]2COC[C@H]2C1. The highest BCUT2D eigenvalue weighted by Crippen LogP contribution is 2.43. The Kier molecular flexibility index (Phi) is 4.94. The van der Waals surface area contributed by atoms with Gasteiger partial charge in [-0.15, -0.1) is 0 Å². The Balaban J connectivity index is 1.26. The Bertz CT molecular complexity index is 839. The molecule has 0 unspecified atom stereocenters. The minimum Gasteiger partial charge on any atom is -0.381 e. The van der Waals surface area contributed by atoms with Crippen LogP contribution in [-0.4, -0.2) is 88.0 Å². The summed E-state index contributed by atoms with van der Waals surface area (Å²) < 4.78 is 5.60. The van der Waals surface area contributed by atoms with Crippen molar-refractivity contribution in [2.24, 2.45) is 23.7 Å². The molecular weight excluding hydrogens is 394 g/mol. The molecule has 1 aromatic rings. The Labute approximate surface area is 182 Å². The molecule has 166 valence electrons. The highest BCUT2D eigenvalue weighted by atomic mass is 16.5. The van der Waals surface area contributed by atoms with Crippen LogP contribution >= 0.6 is 0 Å². The molecule has 1 aromatic heterocycles. The average Bonchev–Trinajstić information content (AvgIpc) is 3.37. The summed E-state index contributed by atoms with van der Waals surface area (Å²) in [6.45, 7) is 5.58. The minimum atomic E-state index is -0.312. The van der Waals surface area contributed by atoms with E-state index in [9.17, 15) is 9.59 Å². The van der Waals surface area contributed by atoms with Crippen LogP contribution in [0.1, 0.15) is 31.5 Å². The highest BCUT2D eigenvalue weighted by Gasteiger charge is 2.53. The average molecular weight is 426 g/mol. The lowest BCUT2D eigenvalue weighted by Crippen LogP contribution is -2.68. The largest absolute Gasteiger partial charge is 0.381 e. The summed E-state index contributed by atoms with van der Waals surface area (Å²) in [6, 6.07) is 1.72. The smallest absolute Gasteiger partial charge is 0.245 e. The van der Waals surface area contributed by atoms with E-state index in [4.69, 9.17) is 4.74 Å². The summed E-state index contributed by atoms with van der Waals surface area (Å²) in [7, 11) is 0. The fraction of sp³-hybridized carbons (Fsp3) is 0.739. The molecule has 2 amide bonds. The first kappa shape index (κ1) is 19.6. The van der Waals surface area contributed by atoms with E-state index < -0.39 is 0 Å². The van der Waals surface area contributed by atoms with Crippen molar-refractivity contribution < 1.29 is 14.3 Å². The fourth-order valence-electron chi connectivity index (χ4n) is 6.87. The zero-order valence-corrected chi connectivity index (χ0v) is 17.9. The molecule has 6 atom stereocenters.